The first-order valence-electron chi connectivity index (χ1n) is 9.03. The van der Waals surface area contributed by atoms with Gasteiger partial charge in [0.05, 0.1) is 12.2 Å². The monoisotopic (exact) mass is 396 g/mol. The summed E-state index contributed by atoms with van der Waals surface area (Å²) < 4.78 is 10.5. The van der Waals surface area contributed by atoms with Crippen molar-refractivity contribution in [2.45, 2.75) is 26.2 Å². The van der Waals surface area contributed by atoms with E-state index >= 15 is 0 Å². The Morgan fingerprint density at radius 1 is 1.32 bits per heavy atom. The number of nitrogens with one attached hydrogen (secondary N) is 1. The maximum Gasteiger partial charge on any atom is 0.331 e. The number of anilines is 1. The van der Waals surface area contributed by atoms with Gasteiger partial charge in [-0.2, -0.15) is 5.26 Å². The highest BCUT2D eigenvalue weighted by Crippen LogP contribution is 2.38. The molecule has 3 rings (SSSR count). The number of nitrogens with zero attached hydrogens (tertiary/aromatic N) is 1. The van der Waals surface area contributed by atoms with Crippen LogP contribution >= 0.6 is 11.3 Å². The molecular formula is C21H20N2O4S. The van der Waals surface area contributed by atoms with Crippen LogP contribution in [-0.4, -0.2) is 25.1 Å². The predicted molar refractivity (Wildman–Crippen MR) is 107 cm³/mol. The zero-order valence-corrected chi connectivity index (χ0v) is 16.3. The van der Waals surface area contributed by atoms with Crippen molar-refractivity contribution in [1.82, 2.24) is 0 Å². The Morgan fingerprint density at radius 3 is 2.93 bits per heavy atom. The summed E-state index contributed by atoms with van der Waals surface area (Å²) in [5, 5.41) is 12.6. The molecule has 1 heterocycles. The van der Waals surface area contributed by atoms with Gasteiger partial charge in [0.1, 0.15) is 16.8 Å². The number of ether oxygens (including phenoxy) is 2. The molecule has 0 unspecified atom stereocenters. The number of aryl methyl sites for hydroxylation is 1. The molecule has 1 aliphatic carbocycles. The van der Waals surface area contributed by atoms with Crippen LogP contribution in [0.5, 0.6) is 5.75 Å². The Labute approximate surface area is 167 Å². The number of fused-ring (bicyclic) bond motifs is 1. The standard InChI is InChI=1S/C21H20N2O4S/c1-2-26-17-8-4-3-6-14(17)10-11-20(25)27-13-19(24)23-21-16(12-22)15-7-5-9-18(15)28-21/h3-4,6,8,10-11H,2,5,7,9,13H2,1H3,(H,23,24)/b11-10+. The number of carbonyl (C=O) groups excluding carboxylic acids is 2. The minimum Gasteiger partial charge on any atom is -0.493 e. The summed E-state index contributed by atoms with van der Waals surface area (Å²) in [4.78, 5) is 25.1. The molecule has 1 aliphatic rings. The SMILES string of the molecule is CCOc1ccccc1/C=C/C(=O)OCC(=O)Nc1sc2c(c1C#N)CCC2. The lowest BCUT2D eigenvalue weighted by atomic mass is 10.1. The third-order valence-corrected chi connectivity index (χ3v) is 5.46. The maximum absolute atomic E-state index is 12.1. The molecule has 1 aromatic carbocycles. The van der Waals surface area contributed by atoms with E-state index < -0.39 is 18.5 Å². The molecule has 2 aromatic rings. The number of nitriles is 1. The van der Waals surface area contributed by atoms with Crippen LogP contribution in [0.1, 0.15) is 34.9 Å². The molecule has 0 fully saturated rings. The average molecular weight is 396 g/mol. The van der Waals surface area contributed by atoms with Gasteiger partial charge in [-0.3, -0.25) is 4.79 Å². The number of amides is 1. The molecular weight excluding hydrogens is 376 g/mol. The van der Waals surface area contributed by atoms with Crippen LogP contribution in [0.2, 0.25) is 0 Å². The topological polar surface area (TPSA) is 88.4 Å². The summed E-state index contributed by atoms with van der Waals surface area (Å²) in [5.41, 5.74) is 2.32. The van der Waals surface area contributed by atoms with Gasteiger partial charge >= 0.3 is 5.97 Å². The van der Waals surface area contributed by atoms with Crippen molar-refractivity contribution < 1.29 is 19.1 Å². The van der Waals surface area contributed by atoms with Crippen LogP contribution in [0.15, 0.2) is 30.3 Å². The fourth-order valence-corrected chi connectivity index (χ4v) is 4.28. The summed E-state index contributed by atoms with van der Waals surface area (Å²) in [5.74, 6) is -0.426. The fourth-order valence-electron chi connectivity index (χ4n) is 3.02. The number of esters is 1. The molecule has 0 saturated heterocycles. The second-order valence-corrected chi connectivity index (χ2v) is 7.24. The molecule has 1 amide bonds. The van der Waals surface area contributed by atoms with E-state index in [1.54, 1.807) is 6.08 Å². The van der Waals surface area contributed by atoms with Crippen molar-refractivity contribution >= 4 is 34.3 Å². The van der Waals surface area contributed by atoms with Crippen molar-refractivity contribution in [2.24, 2.45) is 0 Å². The first-order valence-corrected chi connectivity index (χ1v) is 9.85. The van der Waals surface area contributed by atoms with Crippen molar-refractivity contribution in [3.63, 3.8) is 0 Å². The van der Waals surface area contributed by atoms with E-state index in [4.69, 9.17) is 9.47 Å². The van der Waals surface area contributed by atoms with Crippen LogP contribution in [0.3, 0.4) is 0 Å². The molecule has 7 heteroatoms. The molecule has 0 saturated carbocycles. The zero-order valence-electron chi connectivity index (χ0n) is 15.5. The van der Waals surface area contributed by atoms with Gasteiger partial charge in [-0.1, -0.05) is 18.2 Å². The van der Waals surface area contributed by atoms with Crippen molar-refractivity contribution in [1.29, 1.82) is 5.26 Å². The summed E-state index contributed by atoms with van der Waals surface area (Å²) >= 11 is 1.43. The summed E-state index contributed by atoms with van der Waals surface area (Å²) in [6.07, 6.45) is 5.69. The molecule has 28 heavy (non-hydrogen) atoms. The lowest BCUT2D eigenvalue weighted by Gasteiger charge is -2.06. The van der Waals surface area contributed by atoms with E-state index in [0.29, 0.717) is 22.9 Å². The van der Waals surface area contributed by atoms with Crippen LogP contribution in [0.4, 0.5) is 5.00 Å². The van der Waals surface area contributed by atoms with E-state index in [1.165, 1.54) is 17.4 Å². The van der Waals surface area contributed by atoms with Gasteiger partial charge < -0.3 is 14.8 Å². The zero-order chi connectivity index (χ0) is 19.9. The normalized spacial score (nSPS) is 12.4. The molecule has 144 valence electrons. The van der Waals surface area contributed by atoms with E-state index in [-0.39, 0.29) is 0 Å². The second kappa shape index (κ2) is 9.20. The Balaban J connectivity index is 1.54. The lowest BCUT2D eigenvalue weighted by Crippen LogP contribution is -2.20. The number of carbonyl (C=O) groups is 2. The number of rotatable bonds is 7. The van der Waals surface area contributed by atoms with Gasteiger partial charge in [-0.15, -0.1) is 11.3 Å². The number of benzene rings is 1. The van der Waals surface area contributed by atoms with Gasteiger partial charge in [0, 0.05) is 16.5 Å². The Morgan fingerprint density at radius 2 is 2.14 bits per heavy atom. The highest BCUT2D eigenvalue weighted by atomic mass is 32.1. The summed E-state index contributed by atoms with van der Waals surface area (Å²) in [6, 6.07) is 9.49. The van der Waals surface area contributed by atoms with Crippen LogP contribution in [-0.2, 0) is 27.2 Å². The van der Waals surface area contributed by atoms with Crippen molar-refractivity contribution in [2.75, 3.05) is 18.5 Å². The summed E-state index contributed by atoms with van der Waals surface area (Å²) in [6.45, 7) is 1.99. The van der Waals surface area contributed by atoms with Crippen molar-refractivity contribution in [3.8, 4) is 11.8 Å². The highest BCUT2D eigenvalue weighted by Gasteiger charge is 2.23. The van der Waals surface area contributed by atoms with Crippen LogP contribution in [0, 0.1) is 11.3 Å². The third-order valence-electron chi connectivity index (χ3n) is 4.25. The Bertz CT molecular complexity index is 956. The van der Waals surface area contributed by atoms with Crippen molar-refractivity contribution in [3.05, 3.63) is 51.9 Å². The molecule has 1 N–H and O–H groups in total. The Hall–Kier alpha value is -3.11. The number of para-hydroxylation sites is 1. The van der Waals surface area contributed by atoms with Crippen LogP contribution < -0.4 is 10.1 Å². The van der Waals surface area contributed by atoms with Gasteiger partial charge in [-0.05, 0) is 43.9 Å². The second-order valence-electron chi connectivity index (χ2n) is 6.13. The smallest absolute Gasteiger partial charge is 0.331 e. The molecule has 1 aromatic heterocycles. The van der Waals surface area contributed by atoms with E-state index in [2.05, 4.69) is 11.4 Å². The number of hydrogen-bond acceptors (Lipinski definition) is 6. The molecule has 0 spiro atoms. The first-order chi connectivity index (χ1) is 13.6. The highest BCUT2D eigenvalue weighted by molar-refractivity contribution is 7.16. The van der Waals surface area contributed by atoms with Crippen LogP contribution in [0.25, 0.3) is 6.08 Å². The van der Waals surface area contributed by atoms with E-state index in [9.17, 15) is 14.9 Å². The number of thiophene rings is 1. The number of hydrogen-bond donors (Lipinski definition) is 1. The third kappa shape index (κ3) is 4.59. The Kier molecular flexibility index (Phi) is 6.45. The van der Waals surface area contributed by atoms with E-state index in [1.807, 2.05) is 31.2 Å². The van der Waals surface area contributed by atoms with Gasteiger partial charge in [-0.25, -0.2) is 4.79 Å². The van der Waals surface area contributed by atoms with Gasteiger partial charge in [0.15, 0.2) is 6.61 Å². The molecule has 0 atom stereocenters. The first kappa shape index (κ1) is 19.6. The molecule has 0 bridgehead atoms. The van der Waals surface area contributed by atoms with E-state index in [0.717, 1.165) is 35.3 Å². The van der Waals surface area contributed by atoms with Gasteiger partial charge in [0.25, 0.3) is 5.91 Å². The maximum atomic E-state index is 12.1. The minimum absolute atomic E-state index is 0.413. The molecule has 0 radical (unpaired) electrons. The quantitative estimate of drug-likeness (QED) is 0.569. The average Bonchev–Trinajstić information content (AvgIpc) is 3.26. The summed E-state index contributed by atoms with van der Waals surface area (Å²) in [7, 11) is 0. The predicted octanol–water partition coefficient (Wildman–Crippen LogP) is 3.70. The molecule has 0 aliphatic heterocycles. The van der Waals surface area contributed by atoms with Gasteiger partial charge in [0.2, 0.25) is 0 Å². The fraction of sp³-hybridized carbons (Fsp3) is 0.286. The minimum atomic E-state index is -0.629. The largest absolute Gasteiger partial charge is 0.493 e. The lowest BCUT2D eigenvalue weighted by molar-refractivity contribution is -0.142. The molecule has 6 nitrogen and oxygen atoms in total.